The second kappa shape index (κ2) is 8.57. The molecule has 0 atom stereocenters. The Bertz CT molecular complexity index is 1080. The zero-order chi connectivity index (χ0) is 22.0. The van der Waals surface area contributed by atoms with Crippen LogP contribution in [0.15, 0.2) is 36.4 Å². The first-order valence-electron chi connectivity index (χ1n) is 10.0. The molecule has 0 aliphatic rings. The van der Waals surface area contributed by atoms with Crippen molar-refractivity contribution in [2.75, 3.05) is 26.5 Å². The quantitative estimate of drug-likeness (QED) is 0.694. The molecule has 158 valence electrons. The molecule has 7 nitrogen and oxygen atoms in total. The van der Waals surface area contributed by atoms with Crippen molar-refractivity contribution >= 4 is 28.7 Å². The summed E-state index contributed by atoms with van der Waals surface area (Å²) in [5, 5.41) is 2.95. The summed E-state index contributed by atoms with van der Waals surface area (Å²) in [7, 11) is 5.20. The zero-order valence-corrected chi connectivity index (χ0v) is 18.5. The van der Waals surface area contributed by atoms with E-state index in [-0.39, 0.29) is 11.9 Å². The van der Waals surface area contributed by atoms with Crippen molar-refractivity contribution in [1.29, 1.82) is 0 Å². The number of hydrogen-bond acceptors (Lipinski definition) is 3. The van der Waals surface area contributed by atoms with Gasteiger partial charge in [-0.3, -0.25) is 4.79 Å². The number of benzene rings is 2. The maximum atomic E-state index is 12.7. The van der Waals surface area contributed by atoms with Crippen molar-refractivity contribution in [3.63, 3.8) is 0 Å². The third-order valence-electron chi connectivity index (χ3n) is 4.99. The average molecular weight is 408 g/mol. The maximum Gasteiger partial charge on any atom is 0.321 e. The van der Waals surface area contributed by atoms with E-state index in [1.54, 1.807) is 30.9 Å². The number of carbonyl (C=O) groups excluding carboxylic acids is 2. The number of imidazole rings is 1. The highest BCUT2D eigenvalue weighted by molar-refractivity contribution is 5.97. The largest absolute Gasteiger partial charge is 0.345 e. The molecule has 0 radical (unpaired) electrons. The van der Waals surface area contributed by atoms with Gasteiger partial charge < -0.3 is 19.7 Å². The Morgan fingerprint density at radius 1 is 1.03 bits per heavy atom. The summed E-state index contributed by atoms with van der Waals surface area (Å²) >= 11 is 0. The van der Waals surface area contributed by atoms with Gasteiger partial charge in [0.15, 0.2) is 0 Å². The number of fused-ring (bicyclic) bond motifs is 1. The van der Waals surface area contributed by atoms with Crippen LogP contribution in [0.4, 0.5) is 10.5 Å². The van der Waals surface area contributed by atoms with Crippen molar-refractivity contribution in [2.24, 2.45) is 0 Å². The van der Waals surface area contributed by atoms with Crippen molar-refractivity contribution in [3.05, 3.63) is 58.9 Å². The zero-order valence-electron chi connectivity index (χ0n) is 18.5. The molecule has 2 aromatic carbocycles. The topological polar surface area (TPSA) is 70.5 Å². The van der Waals surface area contributed by atoms with Gasteiger partial charge in [0.1, 0.15) is 5.82 Å². The van der Waals surface area contributed by atoms with Crippen LogP contribution in [0.2, 0.25) is 0 Å². The predicted octanol–water partition coefficient (Wildman–Crippen LogP) is 4.04. The van der Waals surface area contributed by atoms with Gasteiger partial charge in [0.2, 0.25) is 0 Å². The van der Waals surface area contributed by atoms with Crippen LogP contribution in [-0.2, 0) is 13.1 Å². The van der Waals surface area contributed by atoms with Gasteiger partial charge in [0.25, 0.3) is 5.91 Å². The standard InChI is InChI=1S/C23H29N5O2/c1-7-28-20-9-8-17(22(29)26(4)5)13-19(20)25-21(28)14-27(6)23(30)24-18-11-15(2)10-16(3)12-18/h8-13H,7,14H2,1-6H3,(H,24,30). The summed E-state index contributed by atoms with van der Waals surface area (Å²) < 4.78 is 2.07. The monoisotopic (exact) mass is 407 g/mol. The summed E-state index contributed by atoms with van der Waals surface area (Å²) in [5.41, 5.74) is 5.28. The molecule has 0 aliphatic heterocycles. The fourth-order valence-corrected chi connectivity index (χ4v) is 3.59. The van der Waals surface area contributed by atoms with Gasteiger partial charge in [-0.1, -0.05) is 6.07 Å². The van der Waals surface area contributed by atoms with Gasteiger partial charge in [0, 0.05) is 38.9 Å². The number of aryl methyl sites for hydroxylation is 3. The molecule has 7 heteroatoms. The van der Waals surface area contributed by atoms with Crippen molar-refractivity contribution < 1.29 is 9.59 Å². The third kappa shape index (κ3) is 4.45. The van der Waals surface area contributed by atoms with Crippen LogP contribution in [0.25, 0.3) is 11.0 Å². The van der Waals surface area contributed by atoms with E-state index in [9.17, 15) is 9.59 Å². The van der Waals surface area contributed by atoms with E-state index >= 15 is 0 Å². The van der Waals surface area contributed by atoms with Gasteiger partial charge in [-0.05, 0) is 62.2 Å². The fourth-order valence-electron chi connectivity index (χ4n) is 3.59. The Morgan fingerprint density at radius 2 is 1.70 bits per heavy atom. The van der Waals surface area contributed by atoms with E-state index < -0.39 is 0 Å². The minimum absolute atomic E-state index is 0.0607. The number of hydrogen-bond donors (Lipinski definition) is 1. The molecule has 1 aromatic heterocycles. The van der Waals surface area contributed by atoms with E-state index in [1.807, 2.05) is 51.1 Å². The Morgan fingerprint density at radius 3 is 2.30 bits per heavy atom. The summed E-state index contributed by atoms with van der Waals surface area (Å²) in [4.78, 5) is 32.8. The van der Waals surface area contributed by atoms with Crippen LogP contribution in [0, 0.1) is 13.8 Å². The number of urea groups is 1. The van der Waals surface area contributed by atoms with Crippen molar-refractivity contribution in [2.45, 2.75) is 33.9 Å². The van der Waals surface area contributed by atoms with Crippen LogP contribution < -0.4 is 5.32 Å². The molecular formula is C23H29N5O2. The molecule has 0 unspecified atom stereocenters. The molecule has 0 saturated heterocycles. The molecule has 3 rings (SSSR count). The SMILES string of the molecule is CCn1c(CN(C)C(=O)Nc2cc(C)cc(C)c2)nc2cc(C(=O)N(C)C)ccc21. The first-order chi connectivity index (χ1) is 14.2. The summed E-state index contributed by atoms with van der Waals surface area (Å²) in [6.45, 7) is 7.13. The number of anilines is 1. The molecule has 30 heavy (non-hydrogen) atoms. The fraction of sp³-hybridized carbons (Fsp3) is 0.348. The minimum atomic E-state index is -0.196. The van der Waals surface area contributed by atoms with E-state index in [2.05, 4.69) is 16.0 Å². The molecule has 0 saturated carbocycles. The maximum absolute atomic E-state index is 12.7. The number of aromatic nitrogens is 2. The molecule has 3 aromatic rings. The average Bonchev–Trinajstić information content (AvgIpc) is 3.02. The van der Waals surface area contributed by atoms with Crippen LogP contribution >= 0.6 is 0 Å². The van der Waals surface area contributed by atoms with Gasteiger partial charge in [-0.2, -0.15) is 0 Å². The lowest BCUT2D eigenvalue weighted by Crippen LogP contribution is -2.32. The smallest absolute Gasteiger partial charge is 0.321 e. The first kappa shape index (κ1) is 21.4. The van der Waals surface area contributed by atoms with Gasteiger partial charge in [-0.25, -0.2) is 9.78 Å². The first-order valence-corrected chi connectivity index (χ1v) is 10.0. The molecule has 1 N–H and O–H groups in total. The van der Waals surface area contributed by atoms with E-state index in [0.29, 0.717) is 12.1 Å². The molecule has 0 fully saturated rings. The Balaban J connectivity index is 1.83. The van der Waals surface area contributed by atoms with Crippen LogP contribution in [-0.4, -0.2) is 52.4 Å². The molecule has 0 bridgehead atoms. The van der Waals surface area contributed by atoms with E-state index in [0.717, 1.165) is 40.2 Å². The van der Waals surface area contributed by atoms with Crippen LogP contribution in [0.5, 0.6) is 0 Å². The lowest BCUT2D eigenvalue weighted by molar-refractivity contribution is 0.0827. The Kier molecular flexibility index (Phi) is 6.10. The molecule has 0 spiro atoms. The second-order valence-electron chi connectivity index (χ2n) is 7.84. The summed E-state index contributed by atoms with van der Waals surface area (Å²) in [5.74, 6) is 0.717. The number of nitrogens with zero attached hydrogens (tertiary/aromatic N) is 4. The number of nitrogens with one attached hydrogen (secondary N) is 1. The normalized spacial score (nSPS) is 10.9. The minimum Gasteiger partial charge on any atom is -0.345 e. The number of amides is 3. The summed E-state index contributed by atoms with van der Waals surface area (Å²) in [6, 6.07) is 11.3. The Labute approximate surface area is 177 Å². The number of rotatable bonds is 5. The van der Waals surface area contributed by atoms with Crippen molar-refractivity contribution in [1.82, 2.24) is 19.4 Å². The molecular weight excluding hydrogens is 378 g/mol. The van der Waals surface area contributed by atoms with Gasteiger partial charge in [0.05, 0.1) is 17.6 Å². The predicted molar refractivity (Wildman–Crippen MR) is 120 cm³/mol. The number of carbonyl (C=O) groups is 2. The Hall–Kier alpha value is -3.35. The van der Waals surface area contributed by atoms with E-state index in [1.165, 1.54) is 0 Å². The third-order valence-corrected chi connectivity index (χ3v) is 4.99. The van der Waals surface area contributed by atoms with E-state index in [4.69, 9.17) is 4.98 Å². The molecule has 3 amide bonds. The second-order valence-corrected chi connectivity index (χ2v) is 7.84. The molecule has 1 heterocycles. The van der Waals surface area contributed by atoms with Crippen LogP contribution in [0.3, 0.4) is 0 Å². The lowest BCUT2D eigenvalue weighted by Gasteiger charge is -2.18. The van der Waals surface area contributed by atoms with Crippen LogP contribution in [0.1, 0.15) is 34.2 Å². The van der Waals surface area contributed by atoms with Gasteiger partial charge in [-0.15, -0.1) is 0 Å². The highest BCUT2D eigenvalue weighted by atomic mass is 16.2. The summed E-state index contributed by atoms with van der Waals surface area (Å²) in [6.07, 6.45) is 0. The molecule has 0 aliphatic carbocycles. The highest BCUT2D eigenvalue weighted by Gasteiger charge is 2.17. The lowest BCUT2D eigenvalue weighted by atomic mass is 10.1. The van der Waals surface area contributed by atoms with Crippen molar-refractivity contribution in [3.8, 4) is 0 Å². The van der Waals surface area contributed by atoms with Gasteiger partial charge >= 0.3 is 6.03 Å². The highest BCUT2D eigenvalue weighted by Crippen LogP contribution is 2.20.